The molecule has 1 aromatic carbocycles. The fourth-order valence-corrected chi connectivity index (χ4v) is 5.58. The highest BCUT2D eigenvalue weighted by molar-refractivity contribution is 5.66. The van der Waals surface area contributed by atoms with Gasteiger partial charge in [-0.3, -0.25) is 9.59 Å². The molecule has 0 radical (unpaired) electrons. The van der Waals surface area contributed by atoms with E-state index in [-0.39, 0.29) is 0 Å². The third kappa shape index (κ3) is 18.3. The Morgan fingerprint density at radius 1 is 0.575 bits per heavy atom. The number of carboxylic acids is 2. The minimum atomic E-state index is -0.681. The average Bonchev–Trinajstić information content (AvgIpc) is 2.92. The second-order valence-corrected chi connectivity index (χ2v) is 11.7. The summed E-state index contributed by atoms with van der Waals surface area (Å²) < 4.78 is 0. The van der Waals surface area contributed by atoms with Crippen molar-refractivity contribution in [3.8, 4) is 0 Å². The van der Waals surface area contributed by atoms with Gasteiger partial charge in [0.25, 0.3) is 0 Å². The predicted octanol–water partition coefficient (Wildman–Crippen LogP) is 10.7. The maximum Gasteiger partial charge on any atom is 0.303 e. The molecule has 0 aliphatic rings. The Hall–Kier alpha value is -2.10. The van der Waals surface area contributed by atoms with Crippen LogP contribution in [0, 0.1) is 0 Å². The first-order chi connectivity index (χ1) is 19.5. The summed E-state index contributed by atoms with van der Waals surface area (Å²) in [6.45, 7) is 4.54. The Morgan fingerprint density at radius 3 is 1.60 bits per heavy atom. The minimum Gasteiger partial charge on any atom is -0.481 e. The Labute approximate surface area is 246 Å². The molecule has 0 amide bonds. The Kier molecular flexibility index (Phi) is 22.2. The van der Waals surface area contributed by atoms with Gasteiger partial charge in [-0.1, -0.05) is 115 Å². The van der Waals surface area contributed by atoms with Gasteiger partial charge in [0.2, 0.25) is 0 Å². The van der Waals surface area contributed by atoms with Crippen LogP contribution in [0.5, 0.6) is 0 Å². The molecule has 4 heteroatoms. The van der Waals surface area contributed by atoms with Gasteiger partial charge >= 0.3 is 11.9 Å². The van der Waals surface area contributed by atoms with E-state index in [9.17, 15) is 9.59 Å². The molecule has 2 N–H and O–H groups in total. The van der Waals surface area contributed by atoms with E-state index in [0.717, 1.165) is 64.2 Å². The first-order valence-corrected chi connectivity index (χ1v) is 16.7. The summed E-state index contributed by atoms with van der Waals surface area (Å²) in [6.07, 6.45) is 30.7. The number of carboxylic acid groups (broad SMARTS) is 2. The molecule has 0 bridgehead atoms. The molecule has 0 spiro atoms. The summed E-state index contributed by atoms with van der Waals surface area (Å²) in [5.74, 6) is -1.36. The highest BCUT2D eigenvalue weighted by atomic mass is 16.4. The standard InChI is InChI=1S/C36H60O4/c1-3-5-7-12-19-25-33-31(23-17-6-4-2)29-30-32(24-18-13-8-10-15-21-27-35(37)38)34(33)26-20-14-9-11-16-22-28-36(39)40/h19,25,29-30H,3-18,20-24,26-28H2,1-2H3,(H,37,38)(H,39,40)/b25-19+. The zero-order valence-electron chi connectivity index (χ0n) is 26.0. The van der Waals surface area contributed by atoms with Crippen LogP contribution in [0.2, 0.25) is 0 Å². The van der Waals surface area contributed by atoms with Crippen molar-refractivity contribution in [1.29, 1.82) is 0 Å². The Bertz CT molecular complexity index is 826. The van der Waals surface area contributed by atoms with E-state index in [1.54, 1.807) is 5.56 Å². The van der Waals surface area contributed by atoms with Crippen LogP contribution in [0.1, 0.15) is 171 Å². The second kappa shape index (κ2) is 24.7. The normalized spacial score (nSPS) is 11.4. The van der Waals surface area contributed by atoms with Crippen molar-refractivity contribution in [2.24, 2.45) is 0 Å². The summed E-state index contributed by atoms with van der Waals surface area (Å²) in [5, 5.41) is 17.7. The highest BCUT2D eigenvalue weighted by Crippen LogP contribution is 2.27. The minimum absolute atomic E-state index is 0.296. The number of benzene rings is 1. The molecule has 0 atom stereocenters. The lowest BCUT2D eigenvalue weighted by molar-refractivity contribution is -0.138. The van der Waals surface area contributed by atoms with Crippen molar-refractivity contribution in [3.05, 3.63) is 40.5 Å². The summed E-state index contributed by atoms with van der Waals surface area (Å²) in [5.41, 5.74) is 6.12. The van der Waals surface area contributed by atoms with Gasteiger partial charge in [-0.05, 0) is 86.5 Å². The smallest absolute Gasteiger partial charge is 0.303 e. The average molecular weight is 557 g/mol. The van der Waals surface area contributed by atoms with Crippen molar-refractivity contribution < 1.29 is 19.8 Å². The van der Waals surface area contributed by atoms with Gasteiger partial charge in [0.1, 0.15) is 0 Å². The van der Waals surface area contributed by atoms with Gasteiger partial charge < -0.3 is 10.2 Å². The lowest BCUT2D eigenvalue weighted by atomic mass is 9.87. The number of hydrogen-bond acceptors (Lipinski definition) is 2. The van der Waals surface area contributed by atoms with Gasteiger partial charge in [-0.2, -0.15) is 0 Å². The molecule has 0 aliphatic heterocycles. The molecular formula is C36H60O4. The first kappa shape index (κ1) is 35.9. The van der Waals surface area contributed by atoms with Crippen LogP contribution in [0.3, 0.4) is 0 Å². The van der Waals surface area contributed by atoms with Gasteiger partial charge in [-0.25, -0.2) is 0 Å². The van der Waals surface area contributed by atoms with E-state index in [4.69, 9.17) is 10.2 Å². The SMILES string of the molecule is CCCCC/C=C/c1c(CCCCC)ccc(CCCCCCCCC(=O)O)c1CCCCCCCCC(=O)O. The highest BCUT2D eigenvalue weighted by Gasteiger charge is 2.12. The Balaban J connectivity index is 2.86. The van der Waals surface area contributed by atoms with E-state index in [1.165, 1.54) is 93.7 Å². The van der Waals surface area contributed by atoms with Crippen molar-refractivity contribution >= 4 is 18.0 Å². The summed E-state index contributed by atoms with van der Waals surface area (Å²) in [7, 11) is 0. The molecule has 40 heavy (non-hydrogen) atoms. The van der Waals surface area contributed by atoms with Gasteiger partial charge in [0.05, 0.1) is 0 Å². The van der Waals surface area contributed by atoms with Crippen LogP contribution in [0.15, 0.2) is 18.2 Å². The fourth-order valence-electron chi connectivity index (χ4n) is 5.58. The van der Waals surface area contributed by atoms with E-state index >= 15 is 0 Å². The monoisotopic (exact) mass is 556 g/mol. The third-order valence-corrected chi connectivity index (χ3v) is 8.01. The van der Waals surface area contributed by atoms with E-state index in [2.05, 4.69) is 38.1 Å². The number of carbonyl (C=O) groups is 2. The van der Waals surface area contributed by atoms with Crippen LogP contribution in [-0.4, -0.2) is 22.2 Å². The summed E-state index contributed by atoms with van der Waals surface area (Å²) in [4.78, 5) is 21.5. The topological polar surface area (TPSA) is 74.6 Å². The fraction of sp³-hybridized carbons (Fsp3) is 0.722. The molecule has 4 nitrogen and oxygen atoms in total. The molecule has 0 saturated carbocycles. The largest absolute Gasteiger partial charge is 0.481 e. The Morgan fingerprint density at radius 2 is 1.02 bits per heavy atom. The van der Waals surface area contributed by atoms with Gasteiger partial charge in [-0.15, -0.1) is 0 Å². The molecule has 0 fully saturated rings. The molecule has 0 aliphatic carbocycles. The predicted molar refractivity (Wildman–Crippen MR) is 170 cm³/mol. The quantitative estimate of drug-likeness (QED) is 0.106. The second-order valence-electron chi connectivity index (χ2n) is 11.7. The maximum absolute atomic E-state index is 10.7. The number of unbranched alkanes of at least 4 members (excludes halogenated alkanes) is 15. The van der Waals surface area contributed by atoms with Crippen LogP contribution in [0.4, 0.5) is 0 Å². The molecular weight excluding hydrogens is 496 g/mol. The van der Waals surface area contributed by atoms with Crippen LogP contribution in [0.25, 0.3) is 6.08 Å². The summed E-state index contributed by atoms with van der Waals surface area (Å²) in [6, 6.07) is 4.83. The first-order valence-electron chi connectivity index (χ1n) is 16.7. The van der Waals surface area contributed by atoms with Crippen LogP contribution < -0.4 is 0 Å². The third-order valence-electron chi connectivity index (χ3n) is 8.01. The lowest BCUT2D eigenvalue weighted by Gasteiger charge is -2.18. The number of hydrogen-bond donors (Lipinski definition) is 2. The lowest BCUT2D eigenvalue weighted by Crippen LogP contribution is -2.03. The molecule has 0 heterocycles. The maximum atomic E-state index is 10.7. The molecule has 0 unspecified atom stereocenters. The van der Waals surface area contributed by atoms with Crippen LogP contribution >= 0.6 is 0 Å². The molecule has 1 rings (SSSR count). The number of aryl methyl sites for hydroxylation is 2. The van der Waals surface area contributed by atoms with Gasteiger partial charge in [0, 0.05) is 12.8 Å². The molecule has 0 saturated heterocycles. The van der Waals surface area contributed by atoms with Gasteiger partial charge in [0.15, 0.2) is 0 Å². The van der Waals surface area contributed by atoms with E-state index < -0.39 is 11.9 Å². The van der Waals surface area contributed by atoms with E-state index in [0.29, 0.717) is 12.8 Å². The van der Waals surface area contributed by atoms with Crippen LogP contribution in [-0.2, 0) is 28.9 Å². The number of aliphatic carboxylic acids is 2. The van der Waals surface area contributed by atoms with Crippen molar-refractivity contribution in [2.75, 3.05) is 0 Å². The zero-order valence-corrected chi connectivity index (χ0v) is 26.0. The van der Waals surface area contributed by atoms with Crippen molar-refractivity contribution in [2.45, 2.75) is 168 Å². The molecule has 0 aromatic heterocycles. The number of rotatable bonds is 27. The zero-order chi connectivity index (χ0) is 29.3. The number of allylic oxidation sites excluding steroid dienone is 1. The molecule has 1 aromatic rings. The van der Waals surface area contributed by atoms with Crippen molar-refractivity contribution in [3.63, 3.8) is 0 Å². The summed E-state index contributed by atoms with van der Waals surface area (Å²) >= 11 is 0. The molecule has 228 valence electrons. The van der Waals surface area contributed by atoms with Crippen molar-refractivity contribution in [1.82, 2.24) is 0 Å². The van der Waals surface area contributed by atoms with E-state index in [1.807, 2.05) is 0 Å².